The Balaban J connectivity index is 1.56. The van der Waals surface area contributed by atoms with Crippen LogP contribution in [-0.2, 0) is 22.4 Å². The summed E-state index contributed by atoms with van der Waals surface area (Å²) in [6.07, 6.45) is 0. The zero-order valence-electron chi connectivity index (χ0n) is 26.6. The number of hydrogen-bond acceptors (Lipinski definition) is 4. The van der Waals surface area contributed by atoms with Crippen LogP contribution in [0, 0.1) is 11.8 Å². The van der Waals surface area contributed by atoms with Gasteiger partial charge in [0.05, 0.1) is 18.8 Å². The van der Waals surface area contributed by atoms with Crippen LogP contribution in [0.25, 0.3) is 10.4 Å². The van der Waals surface area contributed by atoms with Gasteiger partial charge < -0.3 is 9.33 Å². The van der Waals surface area contributed by atoms with Crippen molar-refractivity contribution in [3.63, 3.8) is 0 Å². The molecule has 0 saturated carbocycles. The van der Waals surface area contributed by atoms with E-state index in [1.807, 2.05) is 30.3 Å². The molecule has 1 amide bonds. The molecule has 3 aromatic carbocycles. The first-order valence-corrected chi connectivity index (χ1v) is 18.8. The zero-order valence-corrected chi connectivity index (χ0v) is 28.4. The van der Waals surface area contributed by atoms with Crippen LogP contribution in [0.2, 0.25) is 18.1 Å². The monoisotopic (exact) mass is 608 g/mol. The molecule has 224 valence electrons. The van der Waals surface area contributed by atoms with Crippen molar-refractivity contribution in [3.05, 3.63) is 107 Å². The van der Waals surface area contributed by atoms with Gasteiger partial charge in [0.2, 0.25) is 0 Å². The molecule has 0 N–H and O–H groups in total. The van der Waals surface area contributed by atoms with E-state index in [-0.39, 0.29) is 10.9 Å². The fourth-order valence-electron chi connectivity index (χ4n) is 4.44. The average molecular weight is 609 g/mol. The van der Waals surface area contributed by atoms with Gasteiger partial charge in [-0.05, 0) is 79.0 Å². The minimum Gasteiger partial charge on any atom is -0.413 e. The van der Waals surface area contributed by atoms with Gasteiger partial charge in [-0.3, -0.25) is 9.69 Å². The standard InChI is InChI=1S/C37H44N2O2SSi/c1-8-38(9-2)33-22-20-32(21-23-33)35-25-34(28-42-35)39(36(40)24-19-29-13-11-10-12-14-29)26-30-15-17-31(18-16-30)27-41-43(6,7)37(3,4)5/h10-18,20-23,25,28H,8-9,26-27H2,1-7H3. The lowest BCUT2D eigenvalue weighted by molar-refractivity contribution is -0.113. The van der Waals surface area contributed by atoms with Crippen LogP contribution in [0.3, 0.4) is 0 Å². The normalized spacial score (nSPS) is 11.5. The van der Waals surface area contributed by atoms with Crippen LogP contribution in [0.5, 0.6) is 0 Å². The van der Waals surface area contributed by atoms with Gasteiger partial charge in [-0.1, -0.05) is 81.3 Å². The van der Waals surface area contributed by atoms with Crippen molar-refractivity contribution >= 4 is 36.9 Å². The van der Waals surface area contributed by atoms with Crippen molar-refractivity contribution < 1.29 is 9.22 Å². The molecule has 4 aromatic rings. The van der Waals surface area contributed by atoms with Gasteiger partial charge in [0, 0.05) is 40.5 Å². The van der Waals surface area contributed by atoms with E-state index in [2.05, 4.69) is 124 Å². The van der Waals surface area contributed by atoms with Crippen molar-refractivity contribution in [2.75, 3.05) is 22.9 Å². The van der Waals surface area contributed by atoms with Gasteiger partial charge in [0.1, 0.15) is 0 Å². The quantitative estimate of drug-likeness (QED) is 0.133. The van der Waals surface area contributed by atoms with E-state index in [0.717, 1.165) is 45.9 Å². The summed E-state index contributed by atoms with van der Waals surface area (Å²) >= 11 is 1.64. The minimum absolute atomic E-state index is 0.168. The van der Waals surface area contributed by atoms with Crippen molar-refractivity contribution in [3.8, 4) is 22.3 Å². The summed E-state index contributed by atoms with van der Waals surface area (Å²) in [5, 5.41) is 2.22. The molecule has 0 atom stereocenters. The Morgan fingerprint density at radius 2 is 1.49 bits per heavy atom. The number of rotatable bonds is 10. The van der Waals surface area contributed by atoms with Gasteiger partial charge in [-0.15, -0.1) is 11.3 Å². The molecule has 4 nitrogen and oxygen atoms in total. The molecular weight excluding hydrogens is 565 g/mol. The molecule has 0 saturated heterocycles. The van der Waals surface area contributed by atoms with Crippen molar-refractivity contribution in [1.82, 2.24) is 0 Å². The molecule has 1 aromatic heterocycles. The van der Waals surface area contributed by atoms with Crippen molar-refractivity contribution in [1.29, 1.82) is 0 Å². The number of carbonyl (C=O) groups excluding carboxylic acids is 1. The summed E-state index contributed by atoms with van der Waals surface area (Å²) < 4.78 is 6.42. The number of anilines is 2. The van der Waals surface area contributed by atoms with Crippen molar-refractivity contribution in [2.24, 2.45) is 0 Å². The van der Waals surface area contributed by atoms with Crippen LogP contribution in [0.4, 0.5) is 11.4 Å². The second kappa shape index (κ2) is 14.2. The highest BCUT2D eigenvalue weighted by Gasteiger charge is 2.37. The number of thiophene rings is 1. The Kier molecular flexibility index (Phi) is 10.7. The molecule has 0 aliphatic carbocycles. The smallest absolute Gasteiger partial charge is 0.303 e. The number of amides is 1. The van der Waals surface area contributed by atoms with E-state index < -0.39 is 8.32 Å². The van der Waals surface area contributed by atoms with E-state index in [1.54, 1.807) is 16.2 Å². The first-order valence-electron chi connectivity index (χ1n) is 15.0. The molecular formula is C37H44N2O2SSi. The Hall–Kier alpha value is -3.63. The van der Waals surface area contributed by atoms with E-state index in [4.69, 9.17) is 4.43 Å². The molecule has 0 aliphatic rings. The molecule has 0 spiro atoms. The molecule has 6 heteroatoms. The molecule has 0 unspecified atom stereocenters. The SMILES string of the molecule is CCN(CC)c1ccc(-c2cc(N(Cc3ccc(CO[Si](C)(C)C(C)(C)C)cc3)C(=O)C#Cc3ccccc3)cs2)cc1. The Labute approximate surface area is 263 Å². The summed E-state index contributed by atoms with van der Waals surface area (Å²) in [5.41, 5.74) is 6.22. The maximum Gasteiger partial charge on any atom is 0.303 e. The Morgan fingerprint density at radius 1 is 0.860 bits per heavy atom. The first kappa shape index (κ1) is 32.3. The highest BCUT2D eigenvalue weighted by molar-refractivity contribution is 7.14. The van der Waals surface area contributed by atoms with Gasteiger partial charge in [-0.25, -0.2) is 0 Å². The summed E-state index contributed by atoms with van der Waals surface area (Å²) in [4.78, 5) is 18.8. The Bertz CT molecular complexity index is 1540. The highest BCUT2D eigenvalue weighted by atomic mass is 32.1. The average Bonchev–Trinajstić information content (AvgIpc) is 3.49. The maximum absolute atomic E-state index is 13.6. The van der Waals surface area contributed by atoms with E-state index in [9.17, 15) is 4.79 Å². The molecule has 0 fully saturated rings. The zero-order chi connectivity index (χ0) is 31.0. The summed E-state index contributed by atoms with van der Waals surface area (Å²) in [7, 11) is -1.83. The van der Waals surface area contributed by atoms with Crippen LogP contribution in [0.1, 0.15) is 51.3 Å². The molecule has 0 bridgehead atoms. The number of carbonyl (C=O) groups is 1. The van der Waals surface area contributed by atoms with Crippen LogP contribution >= 0.6 is 11.3 Å². The van der Waals surface area contributed by atoms with Gasteiger partial charge in [0.25, 0.3) is 0 Å². The van der Waals surface area contributed by atoms with E-state index in [0.29, 0.717) is 13.2 Å². The third kappa shape index (κ3) is 8.48. The predicted molar refractivity (Wildman–Crippen MR) is 186 cm³/mol. The lowest BCUT2D eigenvalue weighted by Crippen LogP contribution is -2.40. The largest absolute Gasteiger partial charge is 0.413 e. The molecule has 4 rings (SSSR count). The van der Waals surface area contributed by atoms with Gasteiger partial charge in [0.15, 0.2) is 8.32 Å². The first-order chi connectivity index (χ1) is 20.5. The molecule has 0 radical (unpaired) electrons. The second-order valence-electron chi connectivity index (χ2n) is 12.3. The number of nitrogens with zero attached hydrogens (tertiary/aromatic N) is 2. The summed E-state index contributed by atoms with van der Waals surface area (Å²) in [6, 6.07) is 28.8. The predicted octanol–water partition coefficient (Wildman–Crippen LogP) is 9.37. The number of hydrogen-bond donors (Lipinski definition) is 0. The molecule has 43 heavy (non-hydrogen) atoms. The fourth-order valence-corrected chi connectivity index (χ4v) is 6.31. The summed E-state index contributed by atoms with van der Waals surface area (Å²) in [6.45, 7) is 18.6. The highest BCUT2D eigenvalue weighted by Crippen LogP contribution is 2.37. The molecule has 1 heterocycles. The molecule has 0 aliphatic heterocycles. The third-order valence-corrected chi connectivity index (χ3v) is 13.7. The van der Waals surface area contributed by atoms with Crippen LogP contribution < -0.4 is 9.80 Å². The number of benzene rings is 3. The van der Waals surface area contributed by atoms with E-state index >= 15 is 0 Å². The van der Waals surface area contributed by atoms with Crippen molar-refractivity contribution in [2.45, 2.75) is 65.9 Å². The minimum atomic E-state index is -1.83. The van der Waals surface area contributed by atoms with Crippen LogP contribution in [-0.4, -0.2) is 27.3 Å². The van der Waals surface area contributed by atoms with Crippen LogP contribution in [0.15, 0.2) is 90.3 Å². The topological polar surface area (TPSA) is 32.8 Å². The lowest BCUT2D eigenvalue weighted by atomic mass is 10.1. The second-order valence-corrected chi connectivity index (χ2v) is 18.0. The fraction of sp³-hybridized carbons (Fsp3) is 0.324. The van der Waals surface area contributed by atoms with Gasteiger partial charge >= 0.3 is 5.91 Å². The maximum atomic E-state index is 13.6. The third-order valence-electron chi connectivity index (χ3n) is 8.28. The van der Waals surface area contributed by atoms with Gasteiger partial charge in [-0.2, -0.15) is 0 Å². The lowest BCUT2D eigenvalue weighted by Gasteiger charge is -2.36. The van der Waals surface area contributed by atoms with E-state index in [1.165, 1.54) is 5.69 Å². The summed E-state index contributed by atoms with van der Waals surface area (Å²) in [5.74, 6) is 5.70. The Morgan fingerprint density at radius 3 is 2.09 bits per heavy atom.